The van der Waals surface area contributed by atoms with Crippen molar-refractivity contribution >= 4 is 114 Å². The van der Waals surface area contributed by atoms with Crippen molar-refractivity contribution in [1.82, 2.24) is 0 Å². The maximum atomic E-state index is 13.5. The topological polar surface area (TPSA) is 38.8 Å². The second-order valence-corrected chi connectivity index (χ2v) is 36.4. The molecule has 35 rings (SSSR count). The summed E-state index contributed by atoms with van der Waals surface area (Å²) in [5.74, 6) is 11.8. The number of carbonyl (C=O) groups excluding carboxylic acids is 1. The third-order valence-electron chi connectivity index (χ3n) is 35.3. The molecule has 3 saturated carbocycles. The van der Waals surface area contributed by atoms with Crippen LogP contribution in [0.15, 0.2) is 24.3 Å². The first-order chi connectivity index (χ1) is 42.8. The maximum Gasteiger partial charge on any atom is 0.514 e. The Labute approximate surface area is 497 Å². The van der Waals surface area contributed by atoms with Crippen LogP contribution in [0.1, 0.15) is 274 Å². The van der Waals surface area contributed by atoms with Crippen molar-refractivity contribution in [3.63, 3.8) is 0 Å². The van der Waals surface area contributed by atoms with Crippen LogP contribution in [-0.4, -0.2) is 24.3 Å². The maximum absolute atomic E-state index is 13.5. The molecule has 4 nitrogen and oxygen atoms in total. The van der Waals surface area contributed by atoms with Crippen LogP contribution in [0.25, 0.3) is 103 Å². The third-order valence-corrected chi connectivity index (χ3v) is 35.3. The molecule has 0 radical (unpaired) electrons. The highest BCUT2D eigenvalue weighted by Gasteiger charge is 2.98. The average Bonchev–Trinajstić information content (AvgIpc) is 1.37. The summed E-state index contributed by atoms with van der Waals surface area (Å²) in [5.41, 5.74) is 39.6. The van der Waals surface area contributed by atoms with Gasteiger partial charge < -0.3 is 14.4 Å². The number of hydrogen-bond donors (Lipinski definition) is 0. The molecular weight excluding hydrogens is 1060 g/mol. The lowest BCUT2D eigenvalue weighted by atomic mass is 9.23. The number of ether oxygens (including phenoxy) is 2. The van der Waals surface area contributed by atoms with Crippen LogP contribution in [0.2, 0.25) is 0 Å². The number of anilines is 1. The summed E-state index contributed by atoms with van der Waals surface area (Å²) in [7, 11) is 0. The van der Waals surface area contributed by atoms with Crippen molar-refractivity contribution < 1.29 is 14.3 Å². The van der Waals surface area contributed by atoms with Crippen molar-refractivity contribution in [2.45, 2.75) is 202 Å². The normalized spacial score (nSPS) is 44.4. The predicted molar refractivity (Wildman–Crippen MR) is 336 cm³/mol. The Balaban J connectivity index is 0.821. The minimum atomic E-state index is -0.618. The zero-order chi connectivity index (χ0) is 54.0. The zero-order valence-electron chi connectivity index (χ0n) is 49.0. The van der Waals surface area contributed by atoms with Gasteiger partial charge in [0.1, 0.15) is 11.4 Å². The number of hydrogen-bond acceptors (Lipinski definition) is 4. The zero-order valence-corrected chi connectivity index (χ0v) is 49.0. The average molecular weight is 1110 g/mol. The molecule has 4 spiro atoms. The molecule has 22 aliphatic carbocycles. The fraction of sp³-hybridized carbons (Fsp3) is 0.458. The Hall–Kier alpha value is -6.65. The molecule has 0 amide bonds. The summed E-state index contributed by atoms with van der Waals surface area (Å²) in [4.78, 5) is 16.7. The fourth-order valence-corrected chi connectivity index (χ4v) is 36.6. The van der Waals surface area contributed by atoms with Crippen molar-refractivity contribution in [3.05, 3.63) is 130 Å². The molecule has 1 saturated heterocycles. The summed E-state index contributed by atoms with van der Waals surface area (Å²) >= 11 is 0. The van der Waals surface area contributed by atoms with Gasteiger partial charge in [0.15, 0.2) is 0 Å². The molecule has 0 N–H and O–H groups in total. The van der Waals surface area contributed by atoms with Crippen LogP contribution in [-0.2, 0) is 21.0 Å². The first-order valence-electron chi connectivity index (χ1n) is 35.8. The lowest BCUT2D eigenvalue weighted by Gasteiger charge is -2.79. The highest BCUT2D eigenvalue weighted by molar-refractivity contribution is 6.50. The van der Waals surface area contributed by atoms with Gasteiger partial charge in [-0.1, -0.05) is 51.9 Å². The summed E-state index contributed by atoms with van der Waals surface area (Å²) in [6.45, 7) is 9.36. The van der Waals surface area contributed by atoms with E-state index < -0.39 is 11.8 Å². The Morgan fingerprint density at radius 1 is 0.471 bits per heavy atom. The van der Waals surface area contributed by atoms with Gasteiger partial charge in [-0.15, -0.1) is 0 Å². The van der Waals surface area contributed by atoms with Gasteiger partial charge in [-0.25, -0.2) is 4.79 Å². The molecule has 4 heteroatoms. The Bertz CT molecular complexity index is 6220. The second kappa shape index (κ2) is 9.85. The van der Waals surface area contributed by atoms with Crippen LogP contribution in [0.5, 0.6) is 5.75 Å². The van der Waals surface area contributed by atoms with Gasteiger partial charge in [-0.05, 0) is 349 Å². The van der Waals surface area contributed by atoms with E-state index in [0.29, 0.717) is 118 Å². The molecule has 12 aromatic rings. The summed E-state index contributed by atoms with van der Waals surface area (Å²) < 4.78 is 11.9. The van der Waals surface area contributed by atoms with Gasteiger partial charge in [0.05, 0.1) is 0 Å². The van der Waals surface area contributed by atoms with Crippen molar-refractivity contribution in [2.75, 3.05) is 11.4 Å². The number of carbonyl (C=O) groups is 1. The Morgan fingerprint density at radius 2 is 0.977 bits per heavy atom. The molecular formula is C83H55NO3. The van der Waals surface area contributed by atoms with E-state index in [1.807, 2.05) is 201 Å². The van der Waals surface area contributed by atoms with Crippen molar-refractivity contribution in [2.24, 2.45) is 23.2 Å². The summed E-state index contributed by atoms with van der Waals surface area (Å²) in [6.07, 6.45) is 11.6. The van der Waals surface area contributed by atoms with Gasteiger partial charge in [0, 0.05) is 63.6 Å². The minimum Gasteiger partial charge on any atom is -0.428 e. The van der Waals surface area contributed by atoms with E-state index in [9.17, 15) is 4.79 Å². The van der Waals surface area contributed by atoms with Crippen LogP contribution < -0.4 is 14.9 Å². The lowest BCUT2D eigenvalue weighted by Crippen LogP contribution is -2.79. The Kier molecular flexibility index (Phi) is 4.46. The molecule has 4 fully saturated rings. The summed E-state index contributed by atoms with van der Waals surface area (Å²) in [5, 5.41) is 36.3. The van der Waals surface area contributed by atoms with E-state index in [4.69, 9.17) is 9.47 Å². The van der Waals surface area contributed by atoms with Crippen LogP contribution in [0.4, 0.5) is 10.5 Å². The van der Waals surface area contributed by atoms with Crippen LogP contribution in [0, 0.1) is 23.2 Å². The number of nitrogens with zero attached hydrogens (tertiary/aromatic N) is 1. The van der Waals surface area contributed by atoms with Gasteiger partial charge in [0.2, 0.25) is 0 Å². The number of unbranched alkanes of at least 4 members (excludes halogenated alkanes) is 6. The first kappa shape index (κ1) is 39.4. The van der Waals surface area contributed by atoms with Gasteiger partial charge in [0.25, 0.3) is 0 Å². The standard InChI is InChI=1S/C83H55NO3/c1-5-6-7-8-9-10-11-12-21-83-76-68-57-49-37-31-24-22-23-26-29-25(22)32-36(31)48-52-43(32)45-39(29)44-42-35(26)38-34-28(23)30-27(24)33(37)46-47-40(30)41(34)58-59-50(38)51(42)63-66-55(44)56(45)67-64(52)72(65(68)53(48)49)82(83,18-84(21)19-13-15-20(16-14-19)86-78(85)87-79(2,3)4)75(67)73(66)80-17-81(77(80)83)70(69(59)71(63)80)61(58)60(47)62(54(46)57)74(76)81/h13-16,21-22,24-25,27,30,32,40-41,43,52,58,61,64,67,70,73,75,77H,5-12,17-18H2,1-4H3. The van der Waals surface area contributed by atoms with Crippen molar-refractivity contribution in [3.8, 4) is 5.75 Å². The highest BCUT2D eigenvalue weighted by atomic mass is 16.7. The lowest BCUT2D eigenvalue weighted by molar-refractivity contribution is -0.171. The molecule has 1 heterocycles. The molecule has 87 heavy (non-hydrogen) atoms. The molecule has 2 bridgehead atoms. The first-order valence-corrected chi connectivity index (χ1v) is 35.8. The Morgan fingerprint density at radius 3 is 1.70 bits per heavy atom. The predicted octanol–water partition coefficient (Wildman–Crippen LogP) is 17.6. The number of rotatable bonds is 10. The molecule has 23 unspecified atom stereocenters. The molecule has 23 aliphatic rings. The molecule has 23 atom stereocenters. The SMILES string of the molecule is CCCCCCCCCC1N(c2ccc(OC(=O)OC(C)(C)C)cc2)CC23C4=c5c6c7c8c9c%10c%11c%12c%13c%14c%15c%16c(c5c(c%15%12)c%106)C12C1C%162CC15c1c6c%10c%12c%15c%16c%17c%18c%19c%20c%21c%22c%23c%24c(c1c%12c(c%21%24)c%19%15)C5C3C%23C4C7C%22C8C%20C%18C9C%11C%17C%13C%16C%10C%14C62. The van der Waals surface area contributed by atoms with E-state index in [0.717, 1.165) is 6.54 Å². The minimum absolute atomic E-state index is 0.00242. The molecule has 1 aliphatic heterocycles. The van der Waals surface area contributed by atoms with Crippen LogP contribution >= 0.6 is 0 Å². The smallest absolute Gasteiger partial charge is 0.428 e. The van der Waals surface area contributed by atoms with Crippen molar-refractivity contribution in [1.29, 1.82) is 0 Å². The molecule has 410 valence electrons. The van der Waals surface area contributed by atoms with Gasteiger partial charge in [-0.2, -0.15) is 0 Å². The van der Waals surface area contributed by atoms with Crippen LogP contribution in [0.3, 0.4) is 0 Å². The van der Waals surface area contributed by atoms with Gasteiger partial charge in [-0.3, -0.25) is 0 Å². The third kappa shape index (κ3) is 2.55. The summed E-state index contributed by atoms with van der Waals surface area (Å²) in [6, 6.07) is 9.59. The fourth-order valence-electron chi connectivity index (χ4n) is 36.6. The van der Waals surface area contributed by atoms with E-state index in [1.54, 1.807) is 0 Å². The molecule has 0 aromatic heterocycles. The highest BCUT2D eigenvalue weighted by Crippen LogP contribution is 3.04. The van der Waals surface area contributed by atoms with E-state index in [2.05, 4.69) is 63.9 Å². The van der Waals surface area contributed by atoms with Gasteiger partial charge >= 0.3 is 6.16 Å². The monoisotopic (exact) mass is 1110 g/mol. The number of benzene rings is 8. The van der Waals surface area contributed by atoms with E-state index in [1.165, 1.54) is 63.5 Å². The molecule has 12 aromatic carbocycles. The van der Waals surface area contributed by atoms with E-state index in [-0.39, 0.29) is 21.7 Å². The largest absolute Gasteiger partial charge is 0.514 e. The quantitative estimate of drug-likeness (QED) is 0.0592. The second-order valence-electron chi connectivity index (χ2n) is 36.4. The van der Waals surface area contributed by atoms with E-state index >= 15 is 0 Å².